The van der Waals surface area contributed by atoms with Gasteiger partial charge in [-0.05, 0) is 38.1 Å². The molecule has 2 N–H and O–H groups in total. The number of fused-ring (bicyclic) bond motifs is 2. The maximum atomic E-state index is 14.4. The molecule has 0 bridgehead atoms. The molecular weight excluding hydrogens is 409 g/mol. The van der Waals surface area contributed by atoms with Gasteiger partial charge in [-0.2, -0.15) is 5.10 Å². The van der Waals surface area contributed by atoms with E-state index in [9.17, 15) is 9.18 Å². The van der Waals surface area contributed by atoms with Gasteiger partial charge in [-0.15, -0.1) is 0 Å². The molecule has 1 aliphatic heterocycles. The number of carbonyl (C=O) groups excluding carboxylic acids is 1. The van der Waals surface area contributed by atoms with Gasteiger partial charge in [0.25, 0.3) is 5.91 Å². The Morgan fingerprint density at radius 1 is 1.19 bits per heavy atom. The monoisotopic (exact) mass is 433 g/mol. The summed E-state index contributed by atoms with van der Waals surface area (Å²) in [7, 11) is 1.72. The number of piperazine rings is 1. The molecule has 3 aromatic heterocycles. The zero-order chi connectivity index (χ0) is 22.4. The van der Waals surface area contributed by atoms with Crippen molar-refractivity contribution in [2.45, 2.75) is 25.9 Å². The van der Waals surface area contributed by atoms with Gasteiger partial charge >= 0.3 is 0 Å². The van der Waals surface area contributed by atoms with E-state index in [1.165, 1.54) is 10.7 Å². The highest BCUT2D eigenvalue weighted by atomic mass is 19.1. The number of aromatic nitrogens is 4. The predicted molar refractivity (Wildman–Crippen MR) is 122 cm³/mol. The van der Waals surface area contributed by atoms with Crippen molar-refractivity contribution in [1.29, 1.82) is 0 Å². The number of nitrogens with zero attached hydrogens (tertiary/aromatic N) is 5. The van der Waals surface area contributed by atoms with Crippen LogP contribution in [0.4, 0.5) is 15.9 Å². The standard InChI is InChI=1S/C23H24FN7O/c1-13-10-31(11-14(2)27-13)22-17-5-4-6-25-21(17)18(9-26-22)23(32)28-16-7-15-12-30(3)29-20(15)19(24)8-16/h4-9,12-14,27H,10-11H2,1-3H3,(H,28,32). The van der Waals surface area contributed by atoms with Crippen LogP contribution < -0.4 is 15.5 Å². The highest BCUT2D eigenvalue weighted by Crippen LogP contribution is 2.28. The highest BCUT2D eigenvalue weighted by molar-refractivity contribution is 6.13. The van der Waals surface area contributed by atoms with Gasteiger partial charge < -0.3 is 15.5 Å². The van der Waals surface area contributed by atoms with Crippen LogP contribution >= 0.6 is 0 Å². The lowest BCUT2D eigenvalue weighted by atomic mass is 10.1. The predicted octanol–water partition coefficient (Wildman–Crippen LogP) is 3.09. The molecule has 1 aromatic carbocycles. The number of hydrogen-bond donors (Lipinski definition) is 2. The first kappa shape index (κ1) is 20.3. The largest absolute Gasteiger partial charge is 0.353 e. The van der Waals surface area contributed by atoms with Crippen molar-refractivity contribution in [3.05, 3.63) is 54.2 Å². The highest BCUT2D eigenvalue weighted by Gasteiger charge is 2.25. The number of amides is 1. The van der Waals surface area contributed by atoms with Crippen LogP contribution in [0.15, 0.2) is 42.9 Å². The lowest BCUT2D eigenvalue weighted by Crippen LogP contribution is -2.54. The normalized spacial score (nSPS) is 18.9. The van der Waals surface area contributed by atoms with Crippen LogP contribution in [-0.4, -0.2) is 50.8 Å². The van der Waals surface area contributed by atoms with Crippen LogP contribution in [0.2, 0.25) is 0 Å². The van der Waals surface area contributed by atoms with E-state index in [0.717, 1.165) is 24.3 Å². The number of benzene rings is 1. The Morgan fingerprint density at radius 2 is 1.97 bits per heavy atom. The number of pyridine rings is 2. The zero-order valence-corrected chi connectivity index (χ0v) is 18.1. The minimum absolute atomic E-state index is 0.267. The number of nitrogens with one attached hydrogen (secondary N) is 2. The smallest absolute Gasteiger partial charge is 0.259 e. The van der Waals surface area contributed by atoms with Gasteiger partial charge in [0, 0.05) is 67.3 Å². The summed E-state index contributed by atoms with van der Waals surface area (Å²) in [6.07, 6.45) is 4.92. The van der Waals surface area contributed by atoms with Gasteiger partial charge in [0.05, 0.1) is 11.1 Å². The van der Waals surface area contributed by atoms with Gasteiger partial charge in [0.1, 0.15) is 11.3 Å². The first-order valence-electron chi connectivity index (χ1n) is 10.6. The molecule has 8 nitrogen and oxygen atoms in total. The lowest BCUT2D eigenvalue weighted by molar-refractivity contribution is 0.102. The van der Waals surface area contributed by atoms with E-state index in [2.05, 4.69) is 44.4 Å². The van der Waals surface area contributed by atoms with Crippen molar-refractivity contribution in [1.82, 2.24) is 25.1 Å². The second-order valence-electron chi connectivity index (χ2n) is 8.42. The first-order chi connectivity index (χ1) is 15.4. The molecule has 5 rings (SSSR count). The SMILES string of the molecule is CC1CN(c2ncc(C(=O)Nc3cc(F)c4nn(C)cc4c3)c3ncccc23)CC(C)N1. The number of aryl methyl sites for hydroxylation is 1. The summed E-state index contributed by atoms with van der Waals surface area (Å²) in [4.78, 5) is 24.5. The van der Waals surface area contributed by atoms with Gasteiger partial charge in [0.15, 0.2) is 5.82 Å². The van der Waals surface area contributed by atoms with E-state index in [4.69, 9.17) is 0 Å². The molecule has 0 spiro atoms. The Balaban J connectivity index is 1.50. The molecule has 4 aromatic rings. The summed E-state index contributed by atoms with van der Waals surface area (Å²) in [5.41, 5.74) is 1.53. The average Bonchev–Trinajstić information content (AvgIpc) is 3.13. The van der Waals surface area contributed by atoms with Crippen LogP contribution in [0, 0.1) is 5.82 Å². The fourth-order valence-electron chi connectivity index (χ4n) is 4.46. The van der Waals surface area contributed by atoms with E-state index >= 15 is 0 Å². The van der Waals surface area contributed by atoms with Crippen LogP contribution in [0.3, 0.4) is 0 Å². The lowest BCUT2D eigenvalue weighted by Gasteiger charge is -2.37. The second-order valence-corrected chi connectivity index (χ2v) is 8.42. The Labute approximate surface area is 184 Å². The van der Waals surface area contributed by atoms with Crippen molar-refractivity contribution in [3.8, 4) is 0 Å². The summed E-state index contributed by atoms with van der Waals surface area (Å²) < 4.78 is 16.0. The molecule has 164 valence electrons. The third-order valence-corrected chi connectivity index (χ3v) is 5.66. The van der Waals surface area contributed by atoms with Crippen LogP contribution in [0.25, 0.3) is 21.8 Å². The van der Waals surface area contributed by atoms with Crippen molar-refractivity contribution < 1.29 is 9.18 Å². The number of carbonyl (C=O) groups is 1. The average molecular weight is 433 g/mol. The van der Waals surface area contributed by atoms with Gasteiger partial charge in [-0.3, -0.25) is 14.5 Å². The molecule has 2 unspecified atom stereocenters. The number of anilines is 2. The fourth-order valence-corrected chi connectivity index (χ4v) is 4.46. The van der Waals surface area contributed by atoms with Crippen LogP contribution in [-0.2, 0) is 7.05 Å². The molecule has 4 heterocycles. The summed E-state index contributed by atoms with van der Waals surface area (Å²) in [6, 6.07) is 7.40. The van der Waals surface area contributed by atoms with Gasteiger partial charge in [-0.25, -0.2) is 9.37 Å². The summed E-state index contributed by atoms with van der Waals surface area (Å²) in [6.45, 7) is 5.92. The van der Waals surface area contributed by atoms with E-state index in [0.29, 0.717) is 34.2 Å². The topological polar surface area (TPSA) is 88.0 Å². The molecule has 0 radical (unpaired) electrons. The Kier molecular flexibility index (Phi) is 4.97. The minimum Gasteiger partial charge on any atom is -0.353 e. The molecule has 1 fully saturated rings. The third-order valence-electron chi connectivity index (χ3n) is 5.66. The molecule has 2 atom stereocenters. The maximum absolute atomic E-state index is 14.4. The second kappa shape index (κ2) is 7.83. The number of rotatable bonds is 3. The Bertz CT molecular complexity index is 1320. The van der Waals surface area contributed by atoms with Gasteiger partial charge in [0.2, 0.25) is 0 Å². The van der Waals surface area contributed by atoms with Crippen molar-refractivity contribution in [2.75, 3.05) is 23.3 Å². The minimum atomic E-state index is -0.489. The summed E-state index contributed by atoms with van der Waals surface area (Å²) in [5.74, 6) is -0.0677. The summed E-state index contributed by atoms with van der Waals surface area (Å²) >= 11 is 0. The van der Waals surface area contributed by atoms with E-state index in [1.807, 2.05) is 12.1 Å². The molecule has 1 saturated heterocycles. The summed E-state index contributed by atoms with van der Waals surface area (Å²) in [5, 5.41) is 11.8. The molecule has 0 saturated carbocycles. The van der Waals surface area contributed by atoms with Crippen LogP contribution in [0.1, 0.15) is 24.2 Å². The fraction of sp³-hybridized carbons (Fsp3) is 0.304. The first-order valence-corrected chi connectivity index (χ1v) is 10.6. The number of halogens is 1. The number of hydrogen-bond acceptors (Lipinski definition) is 6. The van der Waals surface area contributed by atoms with Crippen molar-refractivity contribution in [2.24, 2.45) is 7.05 Å². The van der Waals surface area contributed by atoms with Gasteiger partial charge in [-0.1, -0.05) is 0 Å². The molecule has 9 heteroatoms. The quantitative estimate of drug-likeness (QED) is 0.516. The molecule has 1 amide bonds. The molecular formula is C23H24FN7O. The zero-order valence-electron chi connectivity index (χ0n) is 18.1. The Hall–Kier alpha value is -3.59. The third kappa shape index (κ3) is 3.64. The van der Waals surface area contributed by atoms with E-state index in [-0.39, 0.29) is 5.52 Å². The Morgan fingerprint density at radius 3 is 2.75 bits per heavy atom. The van der Waals surface area contributed by atoms with Crippen molar-refractivity contribution in [3.63, 3.8) is 0 Å². The van der Waals surface area contributed by atoms with Crippen LogP contribution in [0.5, 0.6) is 0 Å². The molecule has 32 heavy (non-hydrogen) atoms. The molecule has 1 aliphatic rings. The maximum Gasteiger partial charge on any atom is 0.259 e. The molecule has 0 aliphatic carbocycles. The van der Waals surface area contributed by atoms with E-state index < -0.39 is 11.7 Å². The van der Waals surface area contributed by atoms with E-state index in [1.54, 1.807) is 31.7 Å². The van der Waals surface area contributed by atoms with Crippen molar-refractivity contribution >= 4 is 39.2 Å².